The van der Waals surface area contributed by atoms with Crippen molar-refractivity contribution in [3.05, 3.63) is 63.2 Å². The van der Waals surface area contributed by atoms with E-state index < -0.39 is 4.92 Å². The largest absolute Gasteiger partial charge is 0.270 e. The molecule has 0 saturated carbocycles. The first-order chi connectivity index (χ1) is 8.09. The molecule has 0 N–H and O–H groups in total. The van der Waals surface area contributed by atoms with Gasteiger partial charge in [0, 0.05) is 17.7 Å². The van der Waals surface area contributed by atoms with Gasteiger partial charge in [0.15, 0.2) is 0 Å². The Labute approximate surface area is 104 Å². The van der Waals surface area contributed by atoms with Gasteiger partial charge in [0.25, 0.3) is 5.69 Å². The lowest BCUT2D eigenvalue weighted by Crippen LogP contribution is -1.89. The maximum atomic E-state index is 10.6. The van der Waals surface area contributed by atoms with Crippen molar-refractivity contribution in [2.24, 2.45) is 0 Å². The molecule has 0 aromatic heterocycles. The average molecular weight is 248 g/mol. The maximum absolute atomic E-state index is 10.6. The zero-order valence-electron chi connectivity index (χ0n) is 9.18. The number of halogens is 1. The summed E-state index contributed by atoms with van der Waals surface area (Å²) >= 11 is 6.08. The number of hydrogen-bond acceptors (Lipinski definition) is 2. The van der Waals surface area contributed by atoms with Crippen molar-refractivity contribution in [3.63, 3.8) is 0 Å². The van der Waals surface area contributed by atoms with Crippen molar-refractivity contribution in [1.82, 2.24) is 0 Å². The summed E-state index contributed by atoms with van der Waals surface area (Å²) in [5.74, 6) is 0. The molecule has 0 atom stereocenters. The number of benzene rings is 2. The highest BCUT2D eigenvalue weighted by Crippen LogP contribution is 2.32. The normalized spacial score (nSPS) is 10.2. The zero-order valence-corrected chi connectivity index (χ0v) is 9.94. The standard InChI is InChI=1S/C13H10ClNO2/c1-9-4-2-3-5-11(9)12-7-6-10(15(16)17)8-13(12)14/h2-8H,1H3. The average Bonchev–Trinajstić information content (AvgIpc) is 2.30. The second-order valence-corrected chi connectivity index (χ2v) is 4.14. The fourth-order valence-corrected chi connectivity index (χ4v) is 1.99. The van der Waals surface area contributed by atoms with Crippen LogP contribution in [0.15, 0.2) is 42.5 Å². The molecule has 0 fully saturated rings. The van der Waals surface area contributed by atoms with Crippen LogP contribution >= 0.6 is 11.6 Å². The van der Waals surface area contributed by atoms with Crippen LogP contribution in [0.1, 0.15) is 5.56 Å². The third-order valence-corrected chi connectivity index (χ3v) is 2.91. The van der Waals surface area contributed by atoms with Crippen molar-refractivity contribution < 1.29 is 4.92 Å². The lowest BCUT2D eigenvalue weighted by atomic mass is 10.0. The second kappa shape index (κ2) is 4.55. The van der Waals surface area contributed by atoms with Gasteiger partial charge in [-0.05, 0) is 24.1 Å². The Morgan fingerprint density at radius 1 is 1.12 bits per heavy atom. The fraction of sp³-hybridized carbons (Fsp3) is 0.0769. The van der Waals surface area contributed by atoms with Crippen LogP contribution in [0.5, 0.6) is 0 Å². The SMILES string of the molecule is Cc1ccccc1-c1ccc([N+](=O)[O-])cc1Cl. The third kappa shape index (κ3) is 2.29. The molecule has 2 aromatic carbocycles. The molecule has 2 rings (SSSR count). The molecule has 0 radical (unpaired) electrons. The number of non-ortho nitro benzene ring substituents is 1. The summed E-state index contributed by atoms with van der Waals surface area (Å²) in [6.07, 6.45) is 0. The van der Waals surface area contributed by atoms with Crippen molar-refractivity contribution in [2.75, 3.05) is 0 Å². The van der Waals surface area contributed by atoms with Crippen molar-refractivity contribution in [3.8, 4) is 11.1 Å². The van der Waals surface area contributed by atoms with Crippen LogP contribution in [0.25, 0.3) is 11.1 Å². The first-order valence-corrected chi connectivity index (χ1v) is 5.47. The molecule has 17 heavy (non-hydrogen) atoms. The van der Waals surface area contributed by atoms with Gasteiger partial charge in [-0.15, -0.1) is 0 Å². The minimum atomic E-state index is -0.451. The number of rotatable bonds is 2. The van der Waals surface area contributed by atoms with E-state index in [4.69, 9.17) is 11.6 Å². The van der Waals surface area contributed by atoms with Gasteiger partial charge in [-0.2, -0.15) is 0 Å². The summed E-state index contributed by atoms with van der Waals surface area (Å²) < 4.78 is 0. The van der Waals surface area contributed by atoms with Crippen LogP contribution in [0.2, 0.25) is 5.02 Å². The molecular formula is C13H10ClNO2. The molecule has 0 spiro atoms. The fourth-order valence-electron chi connectivity index (χ4n) is 1.71. The number of aryl methyl sites for hydroxylation is 1. The smallest absolute Gasteiger partial charge is 0.258 e. The number of nitrogens with zero attached hydrogens (tertiary/aromatic N) is 1. The predicted molar refractivity (Wildman–Crippen MR) is 68.3 cm³/mol. The summed E-state index contributed by atoms with van der Waals surface area (Å²) in [5.41, 5.74) is 2.90. The zero-order chi connectivity index (χ0) is 12.4. The van der Waals surface area contributed by atoms with Crippen LogP contribution in [0, 0.1) is 17.0 Å². The van der Waals surface area contributed by atoms with E-state index >= 15 is 0 Å². The minimum Gasteiger partial charge on any atom is -0.258 e. The predicted octanol–water partition coefficient (Wildman–Crippen LogP) is 4.22. The lowest BCUT2D eigenvalue weighted by Gasteiger charge is -2.07. The molecule has 2 aromatic rings. The number of nitro groups is 1. The van der Waals surface area contributed by atoms with Gasteiger partial charge in [0.2, 0.25) is 0 Å². The van der Waals surface area contributed by atoms with Crippen LogP contribution in [-0.4, -0.2) is 4.92 Å². The molecule has 0 saturated heterocycles. The van der Waals surface area contributed by atoms with E-state index in [1.807, 2.05) is 31.2 Å². The van der Waals surface area contributed by atoms with Crippen LogP contribution in [-0.2, 0) is 0 Å². The van der Waals surface area contributed by atoms with Gasteiger partial charge in [-0.3, -0.25) is 10.1 Å². The Bertz CT molecular complexity index is 581. The molecule has 0 aliphatic heterocycles. The summed E-state index contributed by atoms with van der Waals surface area (Å²) in [6, 6.07) is 12.3. The van der Waals surface area contributed by atoms with E-state index in [1.54, 1.807) is 6.07 Å². The quantitative estimate of drug-likeness (QED) is 0.589. The van der Waals surface area contributed by atoms with Crippen LogP contribution in [0.4, 0.5) is 5.69 Å². The maximum Gasteiger partial charge on any atom is 0.270 e. The minimum absolute atomic E-state index is 0.00679. The van der Waals surface area contributed by atoms with Crippen molar-refractivity contribution >= 4 is 17.3 Å². The second-order valence-electron chi connectivity index (χ2n) is 3.74. The van der Waals surface area contributed by atoms with Crippen LogP contribution in [0.3, 0.4) is 0 Å². The highest BCUT2D eigenvalue weighted by atomic mass is 35.5. The van der Waals surface area contributed by atoms with Gasteiger partial charge < -0.3 is 0 Å². The Kier molecular flexibility index (Phi) is 3.11. The van der Waals surface area contributed by atoms with Gasteiger partial charge in [-0.1, -0.05) is 35.9 Å². The van der Waals surface area contributed by atoms with E-state index in [-0.39, 0.29) is 5.69 Å². The molecule has 0 bridgehead atoms. The van der Waals surface area contributed by atoms with E-state index in [9.17, 15) is 10.1 Å². The first kappa shape index (κ1) is 11.6. The summed E-state index contributed by atoms with van der Waals surface area (Å²) in [4.78, 5) is 10.2. The number of nitro benzene ring substituents is 1. The molecule has 4 heteroatoms. The molecular weight excluding hydrogens is 238 g/mol. The van der Waals surface area contributed by atoms with E-state index in [2.05, 4.69) is 0 Å². The van der Waals surface area contributed by atoms with Crippen molar-refractivity contribution in [1.29, 1.82) is 0 Å². The summed E-state index contributed by atoms with van der Waals surface area (Å²) in [7, 11) is 0. The topological polar surface area (TPSA) is 43.1 Å². The highest BCUT2D eigenvalue weighted by Gasteiger charge is 2.11. The highest BCUT2D eigenvalue weighted by molar-refractivity contribution is 6.33. The Hall–Kier alpha value is -1.87. The van der Waals surface area contributed by atoms with Gasteiger partial charge in [0.1, 0.15) is 0 Å². The van der Waals surface area contributed by atoms with Crippen molar-refractivity contribution in [2.45, 2.75) is 6.92 Å². The van der Waals surface area contributed by atoms with Gasteiger partial charge in [-0.25, -0.2) is 0 Å². The number of hydrogen-bond donors (Lipinski definition) is 0. The first-order valence-electron chi connectivity index (χ1n) is 5.09. The molecule has 0 amide bonds. The summed E-state index contributed by atoms with van der Waals surface area (Å²) in [6.45, 7) is 1.98. The molecule has 0 aliphatic rings. The molecule has 0 unspecified atom stereocenters. The molecule has 86 valence electrons. The van der Waals surface area contributed by atoms with Crippen LogP contribution < -0.4 is 0 Å². The van der Waals surface area contributed by atoms with Gasteiger partial charge in [0.05, 0.1) is 9.95 Å². The monoisotopic (exact) mass is 247 g/mol. The molecule has 0 heterocycles. The molecule has 0 aliphatic carbocycles. The Balaban J connectivity index is 2.55. The lowest BCUT2D eigenvalue weighted by molar-refractivity contribution is -0.384. The van der Waals surface area contributed by atoms with E-state index in [1.165, 1.54) is 12.1 Å². The molecule has 3 nitrogen and oxygen atoms in total. The third-order valence-electron chi connectivity index (χ3n) is 2.60. The van der Waals surface area contributed by atoms with E-state index in [0.29, 0.717) is 5.02 Å². The Morgan fingerprint density at radius 3 is 2.41 bits per heavy atom. The van der Waals surface area contributed by atoms with Gasteiger partial charge >= 0.3 is 0 Å². The van der Waals surface area contributed by atoms with E-state index in [0.717, 1.165) is 16.7 Å². The summed E-state index contributed by atoms with van der Waals surface area (Å²) in [5, 5.41) is 11.0. The Morgan fingerprint density at radius 2 is 1.82 bits per heavy atom.